The summed E-state index contributed by atoms with van der Waals surface area (Å²) in [5, 5.41) is 0. The molecular formula is C20H24N+. The van der Waals surface area contributed by atoms with E-state index in [2.05, 4.69) is 56.8 Å². The highest BCUT2D eigenvalue weighted by Gasteiger charge is 2.42. The van der Waals surface area contributed by atoms with Gasteiger partial charge < -0.3 is 0 Å². The van der Waals surface area contributed by atoms with Crippen molar-refractivity contribution in [3.8, 4) is 11.3 Å². The van der Waals surface area contributed by atoms with Gasteiger partial charge in [-0.05, 0) is 78.8 Å². The predicted octanol–water partition coefficient (Wildman–Crippen LogP) is 3.95. The number of rotatable bonds is 1. The van der Waals surface area contributed by atoms with E-state index in [-0.39, 0.29) is 0 Å². The number of hydrogen-bond acceptors (Lipinski definition) is 0. The number of aryl methyl sites for hydroxylation is 3. The summed E-state index contributed by atoms with van der Waals surface area (Å²) in [4.78, 5) is 0. The molecule has 2 aliphatic rings. The minimum Gasteiger partial charge on any atom is -0.201 e. The molecule has 0 saturated carbocycles. The third kappa shape index (κ3) is 1.73. The summed E-state index contributed by atoms with van der Waals surface area (Å²) in [7, 11) is 2.16. The zero-order valence-corrected chi connectivity index (χ0v) is 13.6. The first kappa shape index (κ1) is 13.1. The second-order valence-electron chi connectivity index (χ2n) is 7.32. The van der Waals surface area contributed by atoms with Crippen LogP contribution >= 0.6 is 0 Å². The zero-order chi connectivity index (χ0) is 14.8. The second kappa shape index (κ2) is 4.19. The van der Waals surface area contributed by atoms with Gasteiger partial charge in [0.2, 0.25) is 5.69 Å². The molecule has 0 radical (unpaired) electrons. The molecular weight excluding hydrogens is 254 g/mol. The summed E-state index contributed by atoms with van der Waals surface area (Å²) in [6.45, 7) is 6.99. The molecule has 1 heterocycles. The second-order valence-corrected chi connectivity index (χ2v) is 7.32. The monoisotopic (exact) mass is 278 g/mol. The van der Waals surface area contributed by atoms with Crippen molar-refractivity contribution < 1.29 is 4.57 Å². The molecule has 1 aromatic heterocycles. The molecule has 2 aromatic rings. The molecule has 1 unspecified atom stereocenters. The molecule has 1 aromatic carbocycles. The zero-order valence-electron chi connectivity index (χ0n) is 13.6. The van der Waals surface area contributed by atoms with Crippen LogP contribution < -0.4 is 4.57 Å². The lowest BCUT2D eigenvalue weighted by Gasteiger charge is -2.19. The van der Waals surface area contributed by atoms with Gasteiger partial charge in [-0.25, -0.2) is 4.57 Å². The van der Waals surface area contributed by atoms with Crippen molar-refractivity contribution in [3.63, 3.8) is 0 Å². The van der Waals surface area contributed by atoms with Gasteiger partial charge in [0.25, 0.3) is 0 Å². The van der Waals surface area contributed by atoms with Crippen LogP contribution in [-0.4, -0.2) is 0 Å². The molecule has 0 N–H and O–H groups in total. The highest BCUT2D eigenvalue weighted by atomic mass is 14.9. The minimum atomic E-state index is 0.475. The van der Waals surface area contributed by atoms with E-state index < -0.39 is 0 Å². The Labute approximate surface area is 127 Å². The van der Waals surface area contributed by atoms with Crippen molar-refractivity contribution in [1.82, 2.24) is 0 Å². The highest BCUT2D eigenvalue weighted by molar-refractivity contribution is 5.69. The topological polar surface area (TPSA) is 3.88 Å². The van der Waals surface area contributed by atoms with Crippen LogP contribution in [0.1, 0.15) is 47.6 Å². The Hall–Kier alpha value is -1.63. The molecule has 0 fully saturated rings. The van der Waals surface area contributed by atoms with Crippen LogP contribution in [0, 0.1) is 13.8 Å². The Balaban J connectivity index is 1.99. The van der Waals surface area contributed by atoms with Crippen molar-refractivity contribution >= 4 is 0 Å². The lowest BCUT2D eigenvalue weighted by molar-refractivity contribution is -0.660. The molecule has 1 atom stereocenters. The van der Waals surface area contributed by atoms with Gasteiger partial charge in [0, 0.05) is 17.7 Å². The molecule has 0 aliphatic heterocycles. The van der Waals surface area contributed by atoms with E-state index in [1.54, 1.807) is 16.7 Å². The van der Waals surface area contributed by atoms with Crippen molar-refractivity contribution in [2.24, 2.45) is 7.05 Å². The predicted molar refractivity (Wildman–Crippen MR) is 86.5 cm³/mol. The molecule has 0 amide bonds. The Kier molecular flexibility index (Phi) is 2.61. The van der Waals surface area contributed by atoms with Crippen molar-refractivity contribution in [1.29, 1.82) is 0 Å². The van der Waals surface area contributed by atoms with E-state index in [1.807, 2.05) is 0 Å². The maximum Gasteiger partial charge on any atom is 0.212 e. The lowest BCUT2D eigenvalue weighted by Crippen LogP contribution is -2.30. The Morgan fingerprint density at radius 1 is 1.10 bits per heavy atom. The molecule has 108 valence electrons. The number of aromatic nitrogens is 1. The molecule has 0 spiro atoms. The average Bonchev–Trinajstić information content (AvgIpc) is 2.96. The molecule has 21 heavy (non-hydrogen) atoms. The number of hydrogen-bond donors (Lipinski definition) is 0. The Morgan fingerprint density at radius 3 is 2.67 bits per heavy atom. The van der Waals surface area contributed by atoms with E-state index in [0.717, 1.165) is 0 Å². The molecule has 4 rings (SSSR count). The highest BCUT2D eigenvalue weighted by Crippen LogP contribution is 2.51. The van der Waals surface area contributed by atoms with Gasteiger partial charge in [-0.2, -0.15) is 0 Å². The maximum atomic E-state index is 2.49. The van der Waals surface area contributed by atoms with Gasteiger partial charge in [-0.15, -0.1) is 0 Å². The van der Waals surface area contributed by atoms with E-state index >= 15 is 0 Å². The van der Waals surface area contributed by atoms with Crippen molar-refractivity contribution in [3.05, 3.63) is 52.2 Å². The summed E-state index contributed by atoms with van der Waals surface area (Å²) in [5.74, 6) is 0. The summed E-state index contributed by atoms with van der Waals surface area (Å²) in [6.07, 6.45) is 7.41. The van der Waals surface area contributed by atoms with Crippen LogP contribution in [0.25, 0.3) is 11.3 Å². The van der Waals surface area contributed by atoms with Crippen LogP contribution in [0.2, 0.25) is 0 Å². The smallest absolute Gasteiger partial charge is 0.201 e. The van der Waals surface area contributed by atoms with E-state index in [4.69, 9.17) is 0 Å². The average molecular weight is 278 g/mol. The SMILES string of the molecule is Cc1cc[n+](C)c(-c2cc3c4c(c2C)CCC4(C)CC3)c1. The van der Waals surface area contributed by atoms with E-state index in [1.165, 1.54) is 48.1 Å². The van der Waals surface area contributed by atoms with E-state index in [0.29, 0.717) is 5.41 Å². The Morgan fingerprint density at radius 2 is 1.86 bits per heavy atom. The van der Waals surface area contributed by atoms with Gasteiger partial charge >= 0.3 is 0 Å². The first-order chi connectivity index (χ1) is 9.99. The van der Waals surface area contributed by atoms with Crippen LogP contribution in [-0.2, 0) is 25.3 Å². The van der Waals surface area contributed by atoms with Gasteiger partial charge in [0.1, 0.15) is 7.05 Å². The van der Waals surface area contributed by atoms with Crippen molar-refractivity contribution in [2.75, 3.05) is 0 Å². The quantitative estimate of drug-likeness (QED) is 0.696. The van der Waals surface area contributed by atoms with Crippen LogP contribution in [0.5, 0.6) is 0 Å². The van der Waals surface area contributed by atoms with Crippen molar-refractivity contribution in [2.45, 2.75) is 51.9 Å². The fraction of sp³-hybridized carbons (Fsp3) is 0.450. The van der Waals surface area contributed by atoms with Gasteiger partial charge in [0.15, 0.2) is 6.20 Å². The number of benzene rings is 1. The third-order valence-electron chi connectivity index (χ3n) is 5.86. The lowest BCUT2D eigenvalue weighted by atomic mass is 9.85. The number of pyridine rings is 1. The fourth-order valence-corrected chi connectivity index (χ4v) is 4.56. The first-order valence-corrected chi connectivity index (χ1v) is 8.12. The number of nitrogens with zero attached hydrogens (tertiary/aromatic N) is 1. The molecule has 2 aliphatic carbocycles. The van der Waals surface area contributed by atoms with Crippen LogP contribution in [0.15, 0.2) is 24.4 Å². The summed E-state index contributed by atoms with van der Waals surface area (Å²) in [5.41, 5.74) is 11.1. The van der Waals surface area contributed by atoms with E-state index in [9.17, 15) is 0 Å². The molecule has 0 bridgehead atoms. The molecule has 1 nitrogen and oxygen atoms in total. The van der Waals surface area contributed by atoms with Crippen LogP contribution in [0.4, 0.5) is 0 Å². The molecule has 1 heteroatoms. The van der Waals surface area contributed by atoms with Gasteiger partial charge in [-0.1, -0.05) is 6.92 Å². The van der Waals surface area contributed by atoms with Crippen LogP contribution in [0.3, 0.4) is 0 Å². The summed E-state index contributed by atoms with van der Waals surface area (Å²) >= 11 is 0. The normalized spacial score (nSPS) is 22.7. The fourth-order valence-electron chi connectivity index (χ4n) is 4.56. The Bertz CT molecular complexity index is 757. The summed E-state index contributed by atoms with van der Waals surface area (Å²) in [6, 6.07) is 6.99. The summed E-state index contributed by atoms with van der Waals surface area (Å²) < 4.78 is 2.26. The van der Waals surface area contributed by atoms with Gasteiger partial charge in [0.05, 0.1) is 0 Å². The van der Waals surface area contributed by atoms with Gasteiger partial charge in [-0.3, -0.25) is 0 Å². The molecule has 0 saturated heterocycles. The third-order valence-corrected chi connectivity index (χ3v) is 5.86. The largest absolute Gasteiger partial charge is 0.212 e. The maximum absolute atomic E-state index is 2.49. The standard InChI is InChI=1S/C20H24N/c1-13-7-10-21(4)18(11-13)17-12-15-5-8-20(3)9-6-16(14(17)2)19(15)20/h7,10-12H,5-6,8-9H2,1-4H3/q+1. The minimum absolute atomic E-state index is 0.475. The first-order valence-electron chi connectivity index (χ1n) is 8.12.